The summed E-state index contributed by atoms with van der Waals surface area (Å²) in [6.07, 6.45) is 1.58. The summed E-state index contributed by atoms with van der Waals surface area (Å²) < 4.78 is 15.7. The van der Waals surface area contributed by atoms with Gasteiger partial charge in [0.2, 0.25) is 12.0 Å². The molecule has 7 heteroatoms. The second-order valence-electron chi connectivity index (χ2n) is 3.23. The van der Waals surface area contributed by atoms with Gasteiger partial charge in [-0.3, -0.25) is 0 Å². The van der Waals surface area contributed by atoms with Gasteiger partial charge in [0.15, 0.2) is 11.5 Å². The average Bonchev–Trinajstić information content (AvgIpc) is 2.37. The van der Waals surface area contributed by atoms with Gasteiger partial charge in [-0.05, 0) is 12.1 Å². The summed E-state index contributed by atoms with van der Waals surface area (Å²) in [5.41, 5.74) is 11.1. The molecule has 0 aliphatic heterocycles. The number of nitrogens with zero attached hydrogens (tertiary/aromatic N) is 1. The predicted octanol–water partition coefficient (Wildman–Crippen LogP) is -1.60. The molecule has 0 unspecified atom stereocenters. The molecule has 1 aromatic rings. The van der Waals surface area contributed by atoms with Crippen LogP contribution in [0.4, 0.5) is 0 Å². The standard InChI is InChI=1S/C11H16N4O3/c1-16-8-5-4-7(6-14-15-11(12)13)9(17-2)10(8)18-3/h4-6H,1-3H3,(H4,12,13,15)/p+1/b14-6+. The lowest BCUT2D eigenvalue weighted by Gasteiger charge is -2.12. The van der Waals surface area contributed by atoms with Crippen molar-refractivity contribution in [3.8, 4) is 17.2 Å². The summed E-state index contributed by atoms with van der Waals surface area (Å²) >= 11 is 0. The Kier molecular flexibility index (Phi) is 4.79. The molecule has 0 amide bonds. The summed E-state index contributed by atoms with van der Waals surface area (Å²) in [4.78, 5) is 0. The van der Waals surface area contributed by atoms with Crippen LogP contribution < -0.4 is 30.8 Å². The Bertz CT molecular complexity index is 468. The highest BCUT2D eigenvalue weighted by atomic mass is 16.5. The number of nitrogens with two attached hydrogens (primary N) is 2. The van der Waals surface area contributed by atoms with E-state index in [9.17, 15) is 0 Å². The highest BCUT2D eigenvalue weighted by Gasteiger charge is 2.15. The first-order valence-corrected chi connectivity index (χ1v) is 5.10. The summed E-state index contributed by atoms with van der Waals surface area (Å²) in [7, 11) is 4.63. The molecular formula is C11H17N4O3+. The lowest BCUT2D eigenvalue weighted by molar-refractivity contribution is -0.456. The minimum Gasteiger partial charge on any atom is -0.493 e. The third-order valence-corrected chi connectivity index (χ3v) is 2.15. The van der Waals surface area contributed by atoms with Crippen LogP contribution in [-0.4, -0.2) is 33.5 Å². The highest BCUT2D eigenvalue weighted by molar-refractivity contribution is 5.83. The van der Waals surface area contributed by atoms with Crippen LogP contribution in [0.15, 0.2) is 17.2 Å². The topological polar surface area (TPSA) is 106 Å². The van der Waals surface area contributed by atoms with E-state index in [2.05, 4.69) is 10.2 Å². The van der Waals surface area contributed by atoms with Gasteiger partial charge < -0.3 is 25.7 Å². The van der Waals surface area contributed by atoms with Crippen molar-refractivity contribution < 1.29 is 19.3 Å². The van der Waals surface area contributed by atoms with Crippen LogP contribution in [0.1, 0.15) is 5.56 Å². The van der Waals surface area contributed by atoms with E-state index < -0.39 is 0 Å². The first kappa shape index (κ1) is 13.6. The van der Waals surface area contributed by atoms with Crippen LogP contribution in [0.3, 0.4) is 0 Å². The lowest BCUT2D eigenvalue weighted by Crippen LogP contribution is -2.63. The molecule has 0 saturated carbocycles. The predicted molar refractivity (Wildman–Crippen MR) is 68.0 cm³/mol. The van der Waals surface area contributed by atoms with E-state index in [0.717, 1.165) is 5.56 Å². The number of hydrazone groups is 1. The lowest BCUT2D eigenvalue weighted by atomic mass is 10.2. The molecule has 98 valence electrons. The summed E-state index contributed by atoms with van der Waals surface area (Å²) in [6, 6.07) is 3.54. The number of methoxy groups -OCH3 is 3. The first-order chi connectivity index (χ1) is 8.63. The van der Waals surface area contributed by atoms with E-state index in [0.29, 0.717) is 17.2 Å². The number of benzene rings is 1. The average molecular weight is 253 g/mol. The molecule has 18 heavy (non-hydrogen) atoms. The third kappa shape index (κ3) is 3.03. The van der Waals surface area contributed by atoms with Gasteiger partial charge >= 0.3 is 0 Å². The Balaban J connectivity index is 3.21. The number of guanidine groups is 1. The molecule has 1 rings (SSSR count). The zero-order valence-corrected chi connectivity index (χ0v) is 10.6. The molecule has 0 fully saturated rings. The number of rotatable bonds is 5. The van der Waals surface area contributed by atoms with Gasteiger partial charge in [0.05, 0.1) is 26.9 Å². The van der Waals surface area contributed by atoms with Crippen molar-refractivity contribution in [2.24, 2.45) is 16.6 Å². The van der Waals surface area contributed by atoms with Crippen LogP contribution in [0.25, 0.3) is 0 Å². The molecule has 0 atom stereocenters. The van der Waals surface area contributed by atoms with E-state index >= 15 is 0 Å². The van der Waals surface area contributed by atoms with Crippen molar-refractivity contribution in [1.29, 1.82) is 0 Å². The zero-order valence-electron chi connectivity index (χ0n) is 10.6. The number of hydrogen-bond donors (Lipinski definition) is 3. The molecule has 0 radical (unpaired) electrons. The van der Waals surface area contributed by atoms with Gasteiger partial charge in [-0.1, -0.05) is 0 Å². The molecule has 7 nitrogen and oxygen atoms in total. The summed E-state index contributed by atoms with van der Waals surface area (Å²) in [5, 5.41) is 6.23. The number of nitrogens with one attached hydrogen (secondary N) is 1. The minimum absolute atomic E-state index is 0.0642. The molecule has 5 N–H and O–H groups in total. The van der Waals surface area contributed by atoms with Crippen LogP contribution in [0.5, 0.6) is 17.2 Å². The fourth-order valence-electron chi connectivity index (χ4n) is 1.41. The molecule has 0 aliphatic carbocycles. The normalized spacial score (nSPS) is 10.2. The maximum Gasteiger partial charge on any atom is 0.256 e. The van der Waals surface area contributed by atoms with Gasteiger partial charge in [0.1, 0.15) is 0 Å². The van der Waals surface area contributed by atoms with Crippen LogP contribution in [-0.2, 0) is 0 Å². The highest BCUT2D eigenvalue weighted by Crippen LogP contribution is 2.38. The van der Waals surface area contributed by atoms with Crippen LogP contribution in [0.2, 0.25) is 0 Å². The van der Waals surface area contributed by atoms with E-state index in [4.69, 9.17) is 25.7 Å². The largest absolute Gasteiger partial charge is 0.493 e. The molecule has 0 saturated heterocycles. The van der Waals surface area contributed by atoms with Crippen LogP contribution in [0, 0.1) is 0 Å². The molecule has 0 spiro atoms. The second-order valence-corrected chi connectivity index (χ2v) is 3.23. The molecule has 0 bridgehead atoms. The van der Waals surface area contributed by atoms with E-state index in [1.54, 1.807) is 25.5 Å². The molecule has 1 aromatic carbocycles. The molecular weight excluding hydrogens is 236 g/mol. The van der Waals surface area contributed by atoms with E-state index in [1.807, 2.05) is 0 Å². The Labute approximate surface area is 105 Å². The Morgan fingerprint density at radius 3 is 2.28 bits per heavy atom. The van der Waals surface area contributed by atoms with Gasteiger partial charge in [0, 0.05) is 5.10 Å². The Morgan fingerprint density at radius 1 is 1.11 bits per heavy atom. The second kappa shape index (κ2) is 6.33. The van der Waals surface area contributed by atoms with Crippen molar-refractivity contribution in [2.45, 2.75) is 0 Å². The fraction of sp³-hybridized carbons (Fsp3) is 0.273. The van der Waals surface area contributed by atoms with Gasteiger partial charge in [0.25, 0.3) is 5.96 Å². The first-order valence-electron chi connectivity index (χ1n) is 5.10. The van der Waals surface area contributed by atoms with Gasteiger partial charge in [-0.15, -0.1) is 5.10 Å². The Hall–Kier alpha value is -2.44. The van der Waals surface area contributed by atoms with E-state index in [1.165, 1.54) is 14.2 Å². The third-order valence-electron chi connectivity index (χ3n) is 2.15. The summed E-state index contributed by atoms with van der Waals surface area (Å²) in [5.74, 6) is 1.54. The van der Waals surface area contributed by atoms with Crippen molar-refractivity contribution in [2.75, 3.05) is 21.3 Å². The summed E-state index contributed by atoms with van der Waals surface area (Å²) in [6.45, 7) is 0. The number of ether oxygens (including phenoxy) is 3. The fourth-order valence-corrected chi connectivity index (χ4v) is 1.41. The van der Waals surface area contributed by atoms with Gasteiger partial charge in [-0.25, -0.2) is 0 Å². The number of hydrogen-bond acceptors (Lipinski definition) is 4. The molecule has 0 heterocycles. The SMILES string of the molecule is COc1ccc(/C=[NH+]/N=C(N)N)c(OC)c1OC. The van der Waals surface area contributed by atoms with E-state index in [-0.39, 0.29) is 5.96 Å². The Morgan fingerprint density at radius 2 is 1.78 bits per heavy atom. The van der Waals surface area contributed by atoms with Gasteiger partial charge in [-0.2, -0.15) is 0 Å². The quantitative estimate of drug-likeness (QED) is 0.333. The van der Waals surface area contributed by atoms with Crippen LogP contribution >= 0.6 is 0 Å². The maximum atomic E-state index is 5.28. The zero-order chi connectivity index (χ0) is 13.5. The monoisotopic (exact) mass is 253 g/mol. The molecule has 0 aliphatic rings. The van der Waals surface area contributed by atoms with Crippen molar-refractivity contribution in [3.63, 3.8) is 0 Å². The van der Waals surface area contributed by atoms with Crippen molar-refractivity contribution in [3.05, 3.63) is 17.7 Å². The molecule has 0 aromatic heterocycles. The maximum absolute atomic E-state index is 5.28. The smallest absolute Gasteiger partial charge is 0.256 e. The van der Waals surface area contributed by atoms with Crippen molar-refractivity contribution in [1.82, 2.24) is 0 Å². The minimum atomic E-state index is -0.0642. The van der Waals surface area contributed by atoms with Crippen molar-refractivity contribution >= 4 is 12.2 Å².